The molecule has 15 heteroatoms. The summed E-state index contributed by atoms with van der Waals surface area (Å²) in [5.74, 6) is -2.39. The highest BCUT2D eigenvalue weighted by Gasteiger charge is 2.56. The summed E-state index contributed by atoms with van der Waals surface area (Å²) < 4.78 is 20.4. The maximum Gasteiger partial charge on any atom is 0.324 e. The van der Waals surface area contributed by atoms with Gasteiger partial charge >= 0.3 is 5.97 Å². The standard InChI is InChI=1S/C51H63N7O8/c1-9-42(59)55-23-20-51(28-55)49(63)57(30-66-51)44(31(3)4)46(60)53-40-25-33-14-11-15-34(24-33)35-18-19-41-37(26-35)38(45(56(41)10-2)36-16-12-21-52-43(36)32(5)64-8)27-50(6,7)29-65-48(62)39-17-13-22-58(54-39)47(40)61/h9,11-12,14-16,18-19,21,24,26,31-32,39-40,44,54H,1,10,13,17,20,22-23,25,27-30H2,2-8H3,(H,53,60)/t32-,39-,40-,44-,51+/m0/s1. The number of nitrogens with zero attached hydrogens (tertiary/aromatic N) is 5. The van der Waals surface area contributed by atoms with E-state index < -0.39 is 46.9 Å². The molecule has 4 aliphatic heterocycles. The lowest BCUT2D eigenvalue weighted by atomic mass is 9.84. The summed E-state index contributed by atoms with van der Waals surface area (Å²) in [7, 11) is 1.69. The van der Waals surface area contributed by atoms with Crippen LogP contribution in [-0.2, 0) is 57.6 Å². The second kappa shape index (κ2) is 18.8. The summed E-state index contributed by atoms with van der Waals surface area (Å²) >= 11 is 0. The van der Waals surface area contributed by atoms with Gasteiger partial charge in [-0.15, -0.1) is 0 Å². The van der Waals surface area contributed by atoms with Crippen LogP contribution in [0.25, 0.3) is 33.3 Å². The van der Waals surface area contributed by atoms with E-state index >= 15 is 0 Å². The highest BCUT2D eigenvalue weighted by Crippen LogP contribution is 2.42. The Labute approximate surface area is 386 Å². The largest absolute Gasteiger partial charge is 0.464 e. The molecule has 0 aliphatic carbocycles. The topological polar surface area (TPSA) is 165 Å². The predicted octanol–water partition coefficient (Wildman–Crippen LogP) is 5.74. The quantitative estimate of drug-likeness (QED) is 0.156. The lowest BCUT2D eigenvalue weighted by Crippen LogP contribution is -2.62. The van der Waals surface area contributed by atoms with Gasteiger partial charge in [0, 0.05) is 67.7 Å². The molecule has 66 heavy (non-hydrogen) atoms. The molecule has 2 N–H and O–H groups in total. The molecule has 6 heterocycles. The molecule has 1 spiro atoms. The van der Waals surface area contributed by atoms with E-state index in [-0.39, 0.29) is 50.1 Å². The van der Waals surface area contributed by atoms with Gasteiger partial charge in [-0.1, -0.05) is 64.6 Å². The van der Waals surface area contributed by atoms with Gasteiger partial charge in [0.15, 0.2) is 5.60 Å². The second-order valence-electron chi connectivity index (χ2n) is 19.3. The van der Waals surface area contributed by atoms with Crippen LogP contribution in [0.4, 0.5) is 0 Å². The minimum absolute atomic E-state index is 0.0672. The van der Waals surface area contributed by atoms with E-state index in [1.165, 1.54) is 20.9 Å². The average molecular weight is 902 g/mol. The number of hydrazine groups is 1. The molecule has 15 nitrogen and oxygen atoms in total. The van der Waals surface area contributed by atoms with Gasteiger partial charge < -0.3 is 33.9 Å². The molecule has 2 aromatic carbocycles. The molecule has 4 aromatic rings. The van der Waals surface area contributed by atoms with Crippen LogP contribution < -0.4 is 10.7 Å². The number of carbonyl (C=O) groups excluding carboxylic acids is 5. The molecule has 8 rings (SSSR count). The van der Waals surface area contributed by atoms with Crippen LogP contribution in [0.3, 0.4) is 0 Å². The van der Waals surface area contributed by atoms with Crippen LogP contribution in [0.15, 0.2) is 73.4 Å². The van der Waals surface area contributed by atoms with Gasteiger partial charge in [-0.05, 0) is 91.6 Å². The van der Waals surface area contributed by atoms with Crippen molar-refractivity contribution in [3.63, 3.8) is 0 Å². The number of esters is 1. The maximum absolute atomic E-state index is 14.7. The van der Waals surface area contributed by atoms with Gasteiger partial charge in [0.25, 0.3) is 11.8 Å². The van der Waals surface area contributed by atoms with Gasteiger partial charge in [-0.2, -0.15) is 0 Å². The SMILES string of the molecule is C=CC(=O)N1CC[C@]2(C1)OCN([C@H](C(=O)N[C@H]1Cc3cccc(c3)-c3ccc4c(c3)c(c(-c3cccnc3[C@H](C)OC)n4CC)CC(C)(C)COC(=O)[C@@H]3CCCN(N3)C1=O)C(C)C)C2=O. The number of carbonyl (C=O) groups is 5. The molecular formula is C51H63N7O8. The Morgan fingerprint density at radius 2 is 1.85 bits per heavy atom. The van der Waals surface area contributed by atoms with Crippen molar-refractivity contribution in [1.29, 1.82) is 0 Å². The summed E-state index contributed by atoms with van der Waals surface area (Å²) in [5, 5.41) is 5.55. The molecule has 0 unspecified atom stereocenters. The number of amides is 4. The molecule has 4 aliphatic rings. The number of cyclic esters (lactones) is 1. The number of benzene rings is 2. The lowest BCUT2D eigenvalue weighted by molar-refractivity contribution is -0.155. The Hall–Kier alpha value is -5.90. The number of pyridine rings is 1. The van der Waals surface area contributed by atoms with Crippen molar-refractivity contribution in [2.45, 2.75) is 110 Å². The monoisotopic (exact) mass is 901 g/mol. The van der Waals surface area contributed by atoms with Crippen molar-refractivity contribution in [2.24, 2.45) is 11.3 Å². The number of rotatable bonds is 9. The fourth-order valence-corrected chi connectivity index (χ4v) is 10.2. The number of aryl methyl sites for hydroxylation is 1. The zero-order valence-corrected chi connectivity index (χ0v) is 39.2. The Bertz CT molecular complexity index is 2550. The van der Waals surface area contributed by atoms with E-state index in [9.17, 15) is 24.0 Å². The minimum atomic E-state index is -1.26. The molecule has 3 saturated heterocycles. The first-order valence-corrected chi connectivity index (χ1v) is 23.2. The van der Waals surface area contributed by atoms with Gasteiger partial charge in [0.2, 0.25) is 11.8 Å². The van der Waals surface area contributed by atoms with Crippen molar-refractivity contribution in [1.82, 2.24) is 35.1 Å². The number of aromatic nitrogens is 2. The van der Waals surface area contributed by atoms with Crippen molar-refractivity contribution >= 4 is 40.5 Å². The zero-order chi connectivity index (χ0) is 47.1. The maximum atomic E-state index is 14.7. The first-order valence-electron chi connectivity index (χ1n) is 23.2. The van der Waals surface area contributed by atoms with E-state index in [4.69, 9.17) is 19.2 Å². The summed E-state index contributed by atoms with van der Waals surface area (Å²) in [5.41, 5.74) is 9.15. The lowest BCUT2D eigenvalue weighted by Gasteiger charge is -2.36. The van der Waals surface area contributed by atoms with E-state index in [0.717, 1.165) is 50.1 Å². The highest BCUT2D eigenvalue weighted by atomic mass is 16.5. The molecule has 2 aromatic heterocycles. The fraction of sp³-hybridized carbons (Fsp3) is 0.490. The number of fused-ring (bicyclic) bond motifs is 6. The zero-order valence-electron chi connectivity index (χ0n) is 39.2. The average Bonchev–Trinajstić information content (AvgIpc) is 3.99. The second-order valence-corrected chi connectivity index (χ2v) is 19.3. The Morgan fingerprint density at radius 1 is 1.06 bits per heavy atom. The Morgan fingerprint density at radius 3 is 2.59 bits per heavy atom. The number of hydrogen-bond acceptors (Lipinski definition) is 10. The van der Waals surface area contributed by atoms with Gasteiger partial charge in [0.05, 0.1) is 30.6 Å². The Balaban J connectivity index is 1.18. The van der Waals surface area contributed by atoms with E-state index in [1.807, 2.05) is 45.0 Å². The van der Waals surface area contributed by atoms with Crippen LogP contribution in [0.1, 0.15) is 83.7 Å². The number of nitrogens with one attached hydrogen (secondary N) is 2. The van der Waals surface area contributed by atoms with Crippen molar-refractivity contribution in [2.75, 3.05) is 40.1 Å². The predicted molar refractivity (Wildman–Crippen MR) is 249 cm³/mol. The van der Waals surface area contributed by atoms with Crippen molar-refractivity contribution in [3.05, 3.63) is 90.3 Å². The third-order valence-corrected chi connectivity index (χ3v) is 13.7. The van der Waals surface area contributed by atoms with Gasteiger partial charge in [-0.25, -0.2) is 5.43 Å². The Kier molecular flexibility index (Phi) is 13.3. The molecular weight excluding hydrogens is 839 g/mol. The first kappa shape index (κ1) is 46.6. The van der Waals surface area contributed by atoms with E-state index in [2.05, 4.69) is 73.0 Å². The van der Waals surface area contributed by atoms with Crippen molar-refractivity contribution in [3.8, 4) is 22.4 Å². The minimum Gasteiger partial charge on any atom is -0.464 e. The summed E-state index contributed by atoms with van der Waals surface area (Å²) in [6.07, 6.45) is 4.76. The number of ether oxygens (including phenoxy) is 3. The van der Waals surface area contributed by atoms with Crippen LogP contribution in [0.5, 0.6) is 0 Å². The fourth-order valence-electron chi connectivity index (χ4n) is 10.2. The van der Waals surface area contributed by atoms with Crippen LogP contribution >= 0.6 is 0 Å². The molecule has 3 fully saturated rings. The normalized spacial score (nSPS) is 23.3. The summed E-state index contributed by atoms with van der Waals surface area (Å²) in [6.45, 7) is 17.0. The van der Waals surface area contributed by atoms with Crippen LogP contribution in [0, 0.1) is 11.3 Å². The van der Waals surface area contributed by atoms with Crippen LogP contribution in [-0.4, -0.2) is 118 Å². The smallest absolute Gasteiger partial charge is 0.324 e. The number of hydrogen-bond donors (Lipinski definition) is 2. The van der Waals surface area contributed by atoms with Gasteiger partial charge in [-0.3, -0.25) is 34.0 Å². The molecule has 0 saturated carbocycles. The molecule has 350 valence electrons. The van der Waals surface area contributed by atoms with E-state index in [1.54, 1.807) is 13.3 Å². The molecule has 0 radical (unpaired) electrons. The number of likely N-dealkylation sites (tertiary alicyclic amines) is 1. The van der Waals surface area contributed by atoms with Gasteiger partial charge in [0.1, 0.15) is 24.9 Å². The summed E-state index contributed by atoms with van der Waals surface area (Å²) in [4.78, 5) is 77.7. The third-order valence-electron chi connectivity index (χ3n) is 13.7. The highest BCUT2D eigenvalue weighted by molar-refractivity contribution is 5.97. The molecule has 6 bridgehead atoms. The number of methoxy groups -OCH3 is 1. The third kappa shape index (κ3) is 8.87. The molecule has 5 atom stereocenters. The molecule has 4 amide bonds. The first-order chi connectivity index (χ1) is 31.6. The van der Waals surface area contributed by atoms with Crippen molar-refractivity contribution < 1.29 is 38.2 Å². The summed E-state index contributed by atoms with van der Waals surface area (Å²) in [6, 6.07) is 15.7. The van der Waals surface area contributed by atoms with Crippen LogP contribution in [0.2, 0.25) is 0 Å². The van der Waals surface area contributed by atoms with E-state index in [0.29, 0.717) is 45.3 Å².